The van der Waals surface area contributed by atoms with Crippen LogP contribution in [0.5, 0.6) is 5.75 Å². The van der Waals surface area contributed by atoms with E-state index in [1.165, 1.54) is 6.07 Å². The molecule has 1 fully saturated rings. The van der Waals surface area contributed by atoms with Gasteiger partial charge in [0.15, 0.2) is 11.4 Å². The molecular weight excluding hydrogens is 471 g/mol. The predicted octanol–water partition coefficient (Wildman–Crippen LogP) is 2.75. The molecular formula is C23H22F3N3O6. The fourth-order valence-corrected chi connectivity index (χ4v) is 4.57. The zero-order chi connectivity index (χ0) is 25.5. The summed E-state index contributed by atoms with van der Waals surface area (Å²) in [4.78, 5) is 51.2. The molecule has 0 radical (unpaired) electrons. The first-order valence-corrected chi connectivity index (χ1v) is 11.0. The minimum atomic E-state index is -4.72. The van der Waals surface area contributed by atoms with E-state index in [0.29, 0.717) is 18.9 Å². The third-order valence-corrected chi connectivity index (χ3v) is 6.30. The normalized spacial score (nSPS) is 18.8. The molecule has 2 aliphatic rings. The summed E-state index contributed by atoms with van der Waals surface area (Å²) in [6, 6.07) is 2.28. The second-order valence-corrected chi connectivity index (χ2v) is 8.61. The highest BCUT2D eigenvalue weighted by Gasteiger charge is 2.42. The number of hydrogen-bond donors (Lipinski definition) is 3. The number of aromatic hydroxyl groups is 1. The molecule has 2 aromatic rings. The molecule has 12 heteroatoms. The van der Waals surface area contributed by atoms with Crippen molar-refractivity contribution in [3.05, 3.63) is 57.5 Å². The van der Waals surface area contributed by atoms with E-state index in [1.807, 2.05) is 0 Å². The Balaban J connectivity index is 1.82. The van der Waals surface area contributed by atoms with Crippen LogP contribution in [0.25, 0.3) is 0 Å². The fraction of sp³-hybridized carbons (Fsp3) is 0.391. The molecule has 186 valence electrons. The monoisotopic (exact) mass is 493 g/mol. The first kappa shape index (κ1) is 24.3. The number of carbonyl (C=O) groups is 3. The van der Waals surface area contributed by atoms with Crippen molar-refractivity contribution in [3.8, 4) is 5.75 Å². The highest BCUT2D eigenvalue weighted by molar-refractivity contribution is 6.11. The lowest BCUT2D eigenvalue weighted by Crippen LogP contribution is -2.57. The number of carboxylic acid groups (broad SMARTS) is 1. The molecule has 1 aliphatic heterocycles. The Morgan fingerprint density at radius 2 is 1.77 bits per heavy atom. The molecule has 9 nitrogen and oxygen atoms in total. The van der Waals surface area contributed by atoms with Crippen LogP contribution in [-0.2, 0) is 17.5 Å². The third kappa shape index (κ3) is 4.60. The molecule has 4 rings (SSSR count). The van der Waals surface area contributed by atoms with E-state index in [1.54, 1.807) is 0 Å². The van der Waals surface area contributed by atoms with E-state index < -0.39 is 58.0 Å². The molecule has 2 heterocycles. The maximum absolute atomic E-state index is 13.4. The van der Waals surface area contributed by atoms with E-state index in [0.717, 1.165) is 47.1 Å². The summed E-state index contributed by atoms with van der Waals surface area (Å²) in [6.45, 7) is -0.385. The topological polar surface area (TPSA) is 129 Å². The Hall–Kier alpha value is -3.83. The van der Waals surface area contributed by atoms with Crippen LogP contribution in [-0.4, -0.2) is 44.6 Å². The molecule has 3 N–H and O–H groups in total. The van der Waals surface area contributed by atoms with Gasteiger partial charge in [-0.25, -0.2) is 4.79 Å². The Bertz CT molecular complexity index is 1250. The summed E-state index contributed by atoms with van der Waals surface area (Å²) in [6.07, 6.45) is 0.357. The van der Waals surface area contributed by atoms with Crippen LogP contribution in [0.3, 0.4) is 0 Å². The van der Waals surface area contributed by atoms with Gasteiger partial charge in [-0.1, -0.05) is 25.3 Å². The standard InChI is InChI=1S/C23H22F3N3O6/c24-23(25,26)12-5-4-8-14(9-12)29-16(20(32)27-13-6-2-1-3-7-13)11-28-10-15(22(34)35)18(30)19(31)17(28)21(29)33/h4-5,8-10,13,16,31H,1-3,6-7,11H2,(H,27,32)(H,34,35)/t16-/m1/s1. The number of carboxylic acids is 1. The molecule has 0 unspecified atom stereocenters. The molecule has 2 amide bonds. The van der Waals surface area contributed by atoms with E-state index >= 15 is 0 Å². The predicted molar refractivity (Wildman–Crippen MR) is 116 cm³/mol. The zero-order valence-corrected chi connectivity index (χ0v) is 18.3. The van der Waals surface area contributed by atoms with Crippen molar-refractivity contribution >= 4 is 23.5 Å². The molecule has 1 saturated carbocycles. The number of rotatable bonds is 4. The smallest absolute Gasteiger partial charge is 0.416 e. The van der Waals surface area contributed by atoms with Gasteiger partial charge in [-0.15, -0.1) is 0 Å². The molecule has 1 atom stereocenters. The lowest BCUT2D eigenvalue weighted by atomic mass is 9.95. The number of fused-ring (bicyclic) bond motifs is 1. The number of aromatic nitrogens is 1. The molecule has 1 aromatic heterocycles. The van der Waals surface area contributed by atoms with Gasteiger partial charge in [-0.05, 0) is 31.0 Å². The molecule has 0 saturated heterocycles. The average molecular weight is 493 g/mol. The number of halogens is 3. The summed E-state index contributed by atoms with van der Waals surface area (Å²) >= 11 is 0. The van der Waals surface area contributed by atoms with Crippen molar-refractivity contribution in [2.75, 3.05) is 4.90 Å². The number of nitrogens with zero attached hydrogens (tertiary/aromatic N) is 2. The first-order chi connectivity index (χ1) is 16.5. The molecule has 1 aliphatic carbocycles. The summed E-state index contributed by atoms with van der Waals surface area (Å²) in [5.74, 6) is -4.54. The van der Waals surface area contributed by atoms with Crippen LogP contribution in [0.4, 0.5) is 18.9 Å². The maximum atomic E-state index is 13.4. The van der Waals surface area contributed by atoms with Crippen LogP contribution in [0.1, 0.15) is 58.5 Å². The van der Waals surface area contributed by atoms with Crippen molar-refractivity contribution < 1.29 is 37.8 Å². The van der Waals surface area contributed by atoms with Gasteiger partial charge in [0.1, 0.15) is 11.6 Å². The average Bonchev–Trinajstić information content (AvgIpc) is 2.81. The highest BCUT2D eigenvalue weighted by Crippen LogP contribution is 2.34. The molecule has 35 heavy (non-hydrogen) atoms. The van der Waals surface area contributed by atoms with Gasteiger partial charge in [0.25, 0.3) is 5.91 Å². The number of amides is 2. The number of pyridine rings is 1. The van der Waals surface area contributed by atoms with Crippen LogP contribution in [0.15, 0.2) is 35.3 Å². The van der Waals surface area contributed by atoms with Crippen molar-refractivity contribution in [1.29, 1.82) is 0 Å². The Kier molecular flexibility index (Phi) is 6.30. The van der Waals surface area contributed by atoms with E-state index in [4.69, 9.17) is 0 Å². The number of carbonyl (C=O) groups excluding carboxylic acids is 2. The third-order valence-electron chi connectivity index (χ3n) is 6.30. The van der Waals surface area contributed by atoms with Crippen molar-refractivity contribution in [3.63, 3.8) is 0 Å². The minimum Gasteiger partial charge on any atom is -0.503 e. The summed E-state index contributed by atoms with van der Waals surface area (Å²) in [7, 11) is 0. The summed E-state index contributed by atoms with van der Waals surface area (Å²) in [5.41, 5.74) is -4.04. The van der Waals surface area contributed by atoms with Gasteiger partial charge in [0.05, 0.1) is 12.1 Å². The van der Waals surface area contributed by atoms with E-state index in [2.05, 4.69) is 5.32 Å². The quantitative estimate of drug-likeness (QED) is 0.601. The lowest BCUT2D eigenvalue weighted by molar-refractivity contribution is -0.137. The van der Waals surface area contributed by atoms with E-state index in [-0.39, 0.29) is 18.3 Å². The molecule has 0 bridgehead atoms. The Morgan fingerprint density at radius 1 is 1.09 bits per heavy atom. The highest BCUT2D eigenvalue weighted by atomic mass is 19.4. The first-order valence-electron chi connectivity index (χ1n) is 11.0. The maximum Gasteiger partial charge on any atom is 0.416 e. The van der Waals surface area contributed by atoms with Gasteiger partial charge < -0.3 is 20.1 Å². The van der Waals surface area contributed by atoms with Gasteiger partial charge in [0.2, 0.25) is 11.3 Å². The number of benzene rings is 1. The number of aromatic carboxylic acids is 1. The van der Waals surface area contributed by atoms with Crippen molar-refractivity contribution in [1.82, 2.24) is 9.88 Å². The van der Waals surface area contributed by atoms with Gasteiger partial charge >= 0.3 is 12.1 Å². The fourth-order valence-electron chi connectivity index (χ4n) is 4.57. The molecule has 0 spiro atoms. The number of hydrogen-bond acceptors (Lipinski definition) is 5. The minimum absolute atomic E-state index is 0.173. The molecule has 1 aromatic carbocycles. The summed E-state index contributed by atoms with van der Waals surface area (Å²) in [5, 5.41) is 22.5. The van der Waals surface area contributed by atoms with Crippen molar-refractivity contribution in [2.24, 2.45) is 0 Å². The lowest BCUT2D eigenvalue weighted by Gasteiger charge is -2.38. The Labute approximate surface area is 196 Å². The largest absolute Gasteiger partial charge is 0.503 e. The number of nitrogens with one attached hydrogen (secondary N) is 1. The van der Waals surface area contributed by atoms with Crippen LogP contribution < -0.4 is 15.6 Å². The zero-order valence-electron chi connectivity index (χ0n) is 18.3. The second kappa shape index (κ2) is 9.08. The second-order valence-electron chi connectivity index (χ2n) is 8.61. The van der Waals surface area contributed by atoms with E-state index in [9.17, 15) is 42.6 Å². The van der Waals surface area contributed by atoms with Crippen LogP contribution >= 0.6 is 0 Å². The van der Waals surface area contributed by atoms with Gasteiger partial charge in [-0.3, -0.25) is 19.3 Å². The summed E-state index contributed by atoms with van der Waals surface area (Å²) < 4.78 is 41.0. The van der Waals surface area contributed by atoms with Crippen LogP contribution in [0.2, 0.25) is 0 Å². The number of alkyl halides is 3. The SMILES string of the molecule is O=C(O)c1cn2c(c(O)c1=O)C(=O)N(c1cccc(C(F)(F)F)c1)[C@@H](C(=O)NC1CCCCC1)C2. The van der Waals surface area contributed by atoms with Crippen LogP contribution in [0, 0.1) is 0 Å². The number of anilines is 1. The van der Waals surface area contributed by atoms with Crippen molar-refractivity contribution in [2.45, 2.75) is 56.9 Å². The Morgan fingerprint density at radius 3 is 2.40 bits per heavy atom. The van der Waals surface area contributed by atoms with Gasteiger partial charge in [0, 0.05) is 17.9 Å². The van der Waals surface area contributed by atoms with Gasteiger partial charge in [-0.2, -0.15) is 13.2 Å².